The van der Waals surface area contributed by atoms with Crippen LogP contribution in [0.2, 0.25) is 5.02 Å². The number of aromatic nitrogens is 3. The molecule has 0 unspecified atom stereocenters. The second-order valence-electron chi connectivity index (χ2n) is 7.42. The standard InChI is InChI=1S/C21H20ClF2N5O2/c1-14(28-8-9-29(20(28)30)17-5-2-15(22)3-6-17)21(31,11-27-13-25-12-26-27)18-7-4-16(23)10-19(18)24/h2-7,10,12-14,31H,8-9,11H2,1H3/t14-,21-/m1/s1. The van der Waals surface area contributed by atoms with Crippen LogP contribution in [0.25, 0.3) is 0 Å². The summed E-state index contributed by atoms with van der Waals surface area (Å²) in [5, 5.41) is 16.2. The normalized spacial score (nSPS) is 17.1. The summed E-state index contributed by atoms with van der Waals surface area (Å²) in [6, 6.07) is 8.61. The minimum Gasteiger partial charge on any atom is -0.381 e. The first-order valence-electron chi connectivity index (χ1n) is 9.63. The molecular formula is C21H20ClF2N5O2. The zero-order valence-corrected chi connectivity index (χ0v) is 17.4. The molecule has 4 rings (SSSR count). The summed E-state index contributed by atoms with van der Waals surface area (Å²) in [5.74, 6) is -1.67. The van der Waals surface area contributed by atoms with Gasteiger partial charge in [0.15, 0.2) is 0 Å². The topological polar surface area (TPSA) is 74.5 Å². The number of hydrogen-bond donors (Lipinski definition) is 1. The molecule has 2 atom stereocenters. The molecule has 1 fully saturated rings. The van der Waals surface area contributed by atoms with E-state index >= 15 is 0 Å². The van der Waals surface area contributed by atoms with Gasteiger partial charge >= 0.3 is 6.03 Å². The van der Waals surface area contributed by atoms with Gasteiger partial charge in [-0.1, -0.05) is 17.7 Å². The molecule has 2 heterocycles. The largest absolute Gasteiger partial charge is 0.381 e. The number of rotatable bonds is 6. The molecule has 1 aliphatic heterocycles. The third-order valence-electron chi connectivity index (χ3n) is 5.61. The fraction of sp³-hybridized carbons (Fsp3) is 0.286. The molecule has 2 amide bonds. The molecule has 0 saturated carbocycles. The molecule has 0 bridgehead atoms. The number of carbonyl (C=O) groups is 1. The van der Waals surface area contributed by atoms with Crippen molar-refractivity contribution in [1.82, 2.24) is 19.7 Å². The zero-order chi connectivity index (χ0) is 22.2. The van der Waals surface area contributed by atoms with E-state index in [9.17, 15) is 18.7 Å². The molecule has 7 nitrogen and oxygen atoms in total. The highest BCUT2D eigenvalue weighted by Gasteiger charge is 2.46. The van der Waals surface area contributed by atoms with E-state index in [0.29, 0.717) is 29.9 Å². The molecule has 1 N–H and O–H groups in total. The molecular weight excluding hydrogens is 428 g/mol. The highest BCUT2D eigenvalue weighted by atomic mass is 35.5. The van der Waals surface area contributed by atoms with Crippen molar-refractivity contribution in [2.75, 3.05) is 18.0 Å². The Morgan fingerprint density at radius 2 is 1.94 bits per heavy atom. The lowest BCUT2D eigenvalue weighted by Crippen LogP contribution is -2.53. The highest BCUT2D eigenvalue weighted by Crippen LogP contribution is 2.35. The van der Waals surface area contributed by atoms with Gasteiger partial charge in [-0.25, -0.2) is 23.2 Å². The van der Waals surface area contributed by atoms with E-state index in [0.717, 1.165) is 6.07 Å². The van der Waals surface area contributed by atoms with Crippen molar-refractivity contribution in [2.45, 2.75) is 25.1 Å². The van der Waals surface area contributed by atoms with Gasteiger partial charge in [-0.2, -0.15) is 5.10 Å². The molecule has 1 aromatic heterocycles. The van der Waals surface area contributed by atoms with Crippen LogP contribution in [0.15, 0.2) is 55.1 Å². The Labute approximate surface area is 182 Å². The lowest BCUT2D eigenvalue weighted by molar-refractivity contribution is -0.0475. The van der Waals surface area contributed by atoms with Gasteiger partial charge in [-0.15, -0.1) is 0 Å². The smallest absolute Gasteiger partial charge is 0.324 e. The van der Waals surface area contributed by atoms with Gasteiger partial charge < -0.3 is 10.0 Å². The summed E-state index contributed by atoms with van der Waals surface area (Å²) in [7, 11) is 0. The SMILES string of the molecule is C[C@@H](N1CCN(c2ccc(Cl)cc2)C1=O)[C@](O)(Cn1cncn1)c1ccc(F)cc1F. The van der Waals surface area contributed by atoms with Crippen LogP contribution < -0.4 is 4.90 Å². The van der Waals surface area contributed by atoms with Crippen molar-refractivity contribution in [3.8, 4) is 0 Å². The summed E-state index contributed by atoms with van der Waals surface area (Å²) < 4.78 is 29.6. The molecule has 0 spiro atoms. The van der Waals surface area contributed by atoms with Gasteiger partial charge in [0.1, 0.15) is 29.9 Å². The Morgan fingerprint density at radius 1 is 1.19 bits per heavy atom. The van der Waals surface area contributed by atoms with Crippen molar-refractivity contribution in [2.24, 2.45) is 0 Å². The summed E-state index contributed by atoms with van der Waals surface area (Å²) in [5.41, 5.74) is -1.36. The molecule has 10 heteroatoms. The maximum absolute atomic E-state index is 14.7. The van der Waals surface area contributed by atoms with E-state index in [4.69, 9.17) is 11.6 Å². The van der Waals surface area contributed by atoms with Gasteiger partial charge in [-0.05, 0) is 37.3 Å². The maximum Gasteiger partial charge on any atom is 0.324 e. The average molecular weight is 448 g/mol. The van der Waals surface area contributed by atoms with Crippen LogP contribution in [-0.2, 0) is 12.1 Å². The number of amides is 2. The minimum atomic E-state index is -1.89. The number of nitrogens with zero attached hydrogens (tertiary/aromatic N) is 5. The van der Waals surface area contributed by atoms with E-state index in [-0.39, 0.29) is 18.1 Å². The average Bonchev–Trinajstić information content (AvgIpc) is 3.37. The van der Waals surface area contributed by atoms with Gasteiger partial charge in [0, 0.05) is 35.4 Å². The van der Waals surface area contributed by atoms with E-state index < -0.39 is 23.3 Å². The van der Waals surface area contributed by atoms with Crippen LogP contribution >= 0.6 is 11.6 Å². The fourth-order valence-corrected chi connectivity index (χ4v) is 4.00. The predicted molar refractivity (Wildman–Crippen MR) is 111 cm³/mol. The van der Waals surface area contributed by atoms with Crippen molar-refractivity contribution >= 4 is 23.3 Å². The molecule has 0 radical (unpaired) electrons. The number of carbonyl (C=O) groups excluding carboxylic acids is 1. The Balaban J connectivity index is 1.68. The van der Waals surface area contributed by atoms with Crippen LogP contribution in [-0.4, -0.2) is 49.9 Å². The summed E-state index contributed by atoms with van der Waals surface area (Å²) >= 11 is 5.93. The van der Waals surface area contributed by atoms with Crippen LogP contribution in [0, 0.1) is 11.6 Å². The van der Waals surface area contributed by atoms with E-state index in [1.165, 1.54) is 28.3 Å². The van der Waals surface area contributed by atoms with Gasteiger partial charge in [-0.3, -0.25) is 4.90 Å². The lowest BCUT2D eigenvalue weighted by Gasteiger charge is -2.39. The molecule has 0 aliphatic carbocycles. The second kappa shape index (κ2) is 8.24. The molecule has 1 aliphatic rings. The Hall–Kier alpha value is -3.04. The van der Waals surface area contributed by atoms with Crippen LogP contribution in [0.1, 0.15) is 12.5 Å². The molecule has 162 valence electrons. The summed E-state index contributed by atoms with van der Waals surface area (Å²) in [6.07, 6.45) is 2.67. The number of benzene rings is 2. The zero-order valence-electron chi connectivity index (χ0n) is 16.6. The number of halogens is 3. The summed E-state index contributed by atoms with van der Waals surface area (Å²) in [6.45, 7) is 2.14. The molecule has 2 aromatic carbocycles. The molecule has 1 saturated heterocycles. The van der Waals surface area contributed by atoms with E-state index in [1.54, 1.807) is 36.1 Å². The fourth-order valence-electron chi connectivity index (χ4n) is 3.88. The first-order valence-corrected chi connectivity index (χ1v) is 10.0. The molecule has 31 heavy (non-hydrogen) atoms. The van der Waals surface area contributed by atoms with Crippen LogP contribution in [0.4, 0.5) is 19.3 Å². The van der Waals surface area contributed by atoms with Crippen molar-refractivity contribution in [3.05, 3.63) is 77.3 Å². The number of urea groups is 1. The lowest BCUT2D eigenvalue weighted by atomic mass is 9.85. The van der Waals surface area contributed by atoms with Gasteiger partial charge in [0.2, 0.25) is 0 Å². The third-order valence-corrected chi connectivity index (χ3v) is 5.86. The number of anilines is 1. The van der Waals surface area contributed by atoms with Gasteiger partial charge in [0.25, 0.3) is 0 Å². The molecule has 3 aromatic rings. The van der Waals surface area contributed by atoms with Crippen molar-refractivity contribution in [1.29, 1.82) is 0 Å². The third kappa shape index (κ3) is 3.98. The monoisotopic (exact) mass is 447 g/mol. The number of hydrogen-bond acceptors (Lipinski definition) is 4. The Kier molecular flexibility index (Phi) is 5.63. The van der Waals surface area contributed by atoms with Crippen LogP contribution in [0.5, 0.6) is 0 Å². The van der Waals surface area contributed by atoms with Crippen LogP contribution in [0.3, 0.4) is 0 Å². The van der Waals surface area contributed by atoms with Crippen molar-refractivity contribution < 1.29 is 18.7 Å². The maximum atomic E-state index is 14.7. The first kappa shape index (κ1) is 21.2. The Bertz CT molecular complexity index is 1080. The highest BCUT2D eigenvalue weighted by molar-refractivity contribution is 6.30. The second-order valence-corrected chi connectivity index (χ2v) is 7.86. The van der Waals surface area contributed by atoms with Crippen molar-refractivity contribution in [3.63, 3.8) is 0 Å². The first-order chi connectivity index (χ1) is 14.8. The van der Waals surface area contributed by atoms with Gasteiger partial charge in [0.05, 0.1) is 12.6 Å². The van der Waals surface area contributed by atoms with E-state index in [1.807, 2.05) is 0 Å². The van der Waals surface area contributed by atoms with E-state index in [2.05, 4.69) is 10.1 Å². The summed E-state index contributed by atoms with van der Waals surface area (Å²) in [4.78, 5) is 20.1. The minimum absolute atomic E-state index is 0.130. The predicted octanol–water partition coefficient (Wildman–Crippen LogP) is 3.43. The Morgan fingerprint density at radius 3 is 2.58 bits per heavy atom. The number of aliphatic hydroxyl groups is 1. The quantitative estimate of drug-likeness (QED) is 0.628.